The molecule has 0 amide bonds. The van der Waals surface area contributed by atoms with E-state index < -0.39 is 16.1 Å². The summed E-state index contributed by atoms with van der Waals surface area (Å²) in [5.74, 6) is -0.696. The van der Waals surface area contributed by atoms with Crippen LogP contribution in [0.4, 0.5) is 5.69 Å². The molecule has 8 nitrogen and oxygen atoms in total. The molecule has 0 bridgehead atoms. The third kappa shape index (κ3) is 2.64. The van der Waals surface area contributed by atoms with E-state index in [2.05, 4.69) is 0 Å². The van der Waals surface area contributed by atoms with Crippen LogP contribution in [0, 0.1) is 10.1 Å². The molecule has 0 aliphatic rings. The van der Waals surface area contributed by atoms with E-state index in [1.807, 2.05) is 0 Å². The lowest BCUT2D eigenvalue weighted by Gasteiger charge is -2.06. The Morgan fingerprint density at radius 1 is 1.13 bits per heavy atom. The first-order valence-corrected chi connectivity index (χ1v) is 6.35. The van der Waals surface area contributed by atoms with E-state index in [0.29, 0.717) is 0 Å². The summed E-state index contributed by atoms with van der Waals surface area (Å²) in [5, 5.41) is 29.6. The number of fused-ring (bicyclic) bond motifs is 1. The van der Waals surface area contributed by atoms with E-state index in [-0.39, 0.29) is 33.9 Å². The zero-order valence-corrected chi connectivity index (χ0v) is 11.4. The van der Waals surface area contributed by atoms with Gasteiger partial charge in [0, 0.05) is 24.3 Å². The molecule has 1 heterocycles. The van der Waals surface area contributed by atoms with Crippen LogP contribution in [0.2, 0.25) is 0 Å². The molecule has 2 aromatic carbocycles. The van der Waals surface area contributed by atoms with Gasteiger partial charge in [-0.1, -0.05) is 0 Å². The van der Waals surface area contributed by atoms with Gasteiger partial charge in [0.25, 0.3) is 5.69 Å². The molecule has 0 fully saturated rings. The number of rotatable bonds is 3. The first-order chi connectivity index (χ1) is 11.0. The average Bonchev–Trinajstić information content (AvgIpc) is 2.50. The Morgan fingerprint density at radius 3 is 2.48 bits per heavy atom. The van der Waals surface area contributed by atoms with E-state index in [1.165, 1.54) is 30.3 Å². The van der Waals surface area contributed by atoms with Crippen molar-refractivity contribution in [1.29, 1.82) is 0 Å². The second kappa shape index (κ2) is 5.34. The average molecular weight is 315 g/mol. The molecule has 3 aromatic rings. The van der Waals surface area contributed by atoms with Gasteiger partial charge in [-0.05, 0) is 12.1 Å². The standard InChI is InChI=1S/C15H9NO7/c17-9-5-11(18)14-12(6-9)22-7-13(15(14)19)23-10-3-1-8(2-4-10)16(20)21/h1-7,17-18H. The number of aromatic hydroxyl groups is 2. The van der Waals surface area contributed by atoms with E-state index in [4.69, 9.17) is 9.15 Å². The summed E-state index contributed by atoms with van der Waals surface area (Å²) in [7, 11) is 0. The van der Waals surface area contributed by atoms with Crippen LogP contribution >= 0.6 is 0 Å². The van der Waals surface area contributed by atoms with Gasteiger partial charge >= 0.3 is 0 Å². The van der Waals surface area contributed by atoms with Gasteiger partial charge in [0.2, 0.25) is 11.2 Å². The highest BCUT2D eigenvalue weighted by molar-refractivity contribution is 5.85. The van der Waals surface area contributed by atoms with Crippen molar-refractivity contribution in [2.24, 2.45) is 0 Å². The molecule has 3 rings (SSSR count). The maximum absolute atomic E-state index is 12.3. The Labute approximate surface area is 127 Å². The third-order valence-electron chi connectivity index (χ3n) is 3.09. The van der Waals surface area contributed by atoms with Crippen molar-refractivity contribution in [2.75, 3.05) is 0 Å². The van der Waals surface area contributed by atoms with Gasteiger partial charge in [-0.3, -0.25) is 14.9 Å². The largest absolute Gasteiger partial charge is 0.508 e. The molecule has 0 saturated carbocycles. The van der Waals surface area contributed by atoms with Gasteiger partial charge in [0.1, 0.15) is 34.5 Å². The molecule has 8 heteroatoms. The maximum Gasteiger partial charge on any atom is 0.269 e. The highest BCUT2D eigenvalue weighted by Gasteiger charge is 2.14. The third-order valence-corrected chi connectivity index (χ3v) is 3.09. The molecule has 1 aromatic heterocycles. The van der Waals surface area contributed by atoms with Crippen molar-refractivity contribution in [3.8, 4) is 23.0 Å². The predicted octanol–water partition coefficient (Wildman–Crippen LogP) is 2.90. The first kappa shape index (κ1) is 14.4. The quantitative estimate of drug-likeness (QED) is 0.562. The fourth-order valence-corrected chi connectivity index (χ4v) is 2.03. The molecule has 23 heavy (non-hydrogen) atoms. The summed E-state index contributed by atoms with van der Waals surface area (Å²) in [4.78, 5) is 22.3. The minimum atomic E-state index is -0.637. The molecule has 0 unspecified atom stereocenters. The maximum atomic E-state index is 12.3. The zero-order chi connectivity index (χ0) is 16.6. The number of benzene rings is 2. The normalized spacial score (nSPS) is 10.6. The van der Waals surface area contributed by atoms with E-state index in [9.17, 15) is 25.1 Å². The van der Waals surface area contributed by atoms with Crippen LogP contribution in [0.1, 0.15) is 0 Å². The van der Waals surface area contributed by atoms with Crippen LogP contribution in [0.25, 0.3) is 11.0 Å². The summed E-state index contributed by atoms with van der Waals surface area (Å²) in [6.45, 7) is 0. The molecule has 116 valence electrons. The number of hydrogen-bond acceptors (Lipinski definition) is 7. The number of nitrogens with zero attached hydrogens (tertiary/aromatic N) is 1. The van der Waals surface area contributed by atoms with Gasteiger partial charge in [-0.2, -0.15) is 0 Å². The summed E-state index contributed by atoms with van der Waals surface area (Å²) < 4.78 is 10.5. The molecule has 0 spiro atoms. The highest BCUT2D eigenvalue weighted by Crippen LogP contribution is 2.30. The van der Waals surface area contributed by atoms with Gasteiger partial charge in [-0.25, -0.2) is 0 Å². The lowest BCUT2D eigenvalue weighted by molar-refractivity contribution is -0.384. The van der Waals surface area contributed by atoms with Crippen molar-refractivity contribution in [1.82, 2.24) is 0 Å². The van der Waals surface area contributed by atoms with Gasteiger partial charge in [0.15, 0.2) is 0 Å². The van der Waals surface area contributed by atoms with Crippen molar-refractivity contribution in [3.63, 3.8) is 0 Å². The Kier molecular flexibility index (Phi) is 3.34. The molecular formula is C15H9NO7. The van der Waals surface area contributed by atoms with E-state index >= 15 is 0 Å². The zero-order valence-electron chi connectivity index (χ0n) is 11.4. The molecule has 0 aliphatic heterocycles. The van der Waals surface area contributed by atoms with Crippen molar-refractivity contribution < 1.29 is 24.3 Å². The Morgan fingerprint density at radius 2 is 1.83 bits per heavy atom. The monoisotopic (exact) mass is 315 g/mol. The van der Waals surface area contributed by atoms with Crippen molar-refractivity contribution in [3.05, 3.63) is 63.0 Å². The Balaban J connectivity index is 2.02. The molecule has 2 N–H and O–H groups in total. The molecule has 0 atom stereocenters. The topological polar surface area (TPSA) is 123 Å². The fraction of sp³-hybridized carbons (Fsp3) is 0. The number of hydrogen-bond donors (Lipinski definition) is 2. The van der Waals surface area contributed by atoms with Crippen molar-refractivity contribution >= 4 is 16.7 Å². The van der Waals surface area contributed by atoms with E-state index in [0.717, 1.165) is 12.3 Å². The van der Waals surface area contributed by atoms with Gasteiger partial charge in [0.05, 0.1) is 4.92 Å². The van der Waals surface area contributed by atoms with Gasteiger partial charge < -0.3 is 19.4 Å². The van der Waals surface area contributed by atoms with Crippen molar-refractivity contribution in [2.45, 2.75) is 0 Å². The van der Waals surface area contributed by atoms with Crippen LogP contribution in [0.5, 0.6) is 23.0 Å². The predicted molar refractivity (Wildman–Crippen MR) is 79.0 cm³/mol. The first-order valence-electron chi connectivity index (χ1n) is 6.35. The summed E-state index contributed by atoms with van der Waals surface area (Å²) in [6, 6.07) is 7.32. The van der Waals surface area contributed by atoms with Gasteiger partial charge in [-0.15, -0.1) is 0 Å². The Bertz CT molecular complexity index is 960. The summed E-state index contributed by atoms with van der Waals surface area (Å²) in [5.41, 5.74) is -0.748. The lowest BCUT2D eigenvalue weighted by atomic mass is 10.2. The van der Waals surface area contributed by atoms with Crippen LogP contribution in [-0.4, -0.2) is 15.1 Å². The van der Waals surface area contributed by atoms with E-state index in [1.54, 1.807) is 0 Å². The minimum absolute atomic E-state index is 0.00329. The number of non-ortho nitro benzene ring substituents is 1. The summed E-state index contributed by atoms with van der Waals surface area (Å²) in [6.07, 6.45) is 1.03. The fourth-order valence-electron chi connectivity index (χ4n) is 2.03. The molecule has 0 radical (unpaired) electrons. The minimum Gasteiger partial charge on any atom is -0.508 e. The number of ether oxygens (including phenoxy) is 1. The number of nitro groups is 1. The second-order valence-electron chi connectivity index (χ2n) is 4.62. The van der Waals surface area contributed by atoms with Crippen LogP contribution in [-0.2, 0) is 0 Å². The molecule has 0 aliphatic carbocycles. The SMILES string of the molecule is O=c1c(Oc2ccc([N+](=O)[O-])cc2)coc2cc(O)cc(O)c12. The highest BCUT2D eigenvalue weighted by atomic mass is 16.6. The van der Waals surface area contributed by atoms with Crippen LogP contribution in [0.3, 0.4) is 0 Å². The second-order valence-corrected chi connectivity index (χ2v) is 4.62. The summed E-state index contributed by atoms with van der Waals surface area (Å²) >= 11 is 0. The number of phenolic OH excluding ortho intramolecular Hbond substituents is 2. The molecular weight excluding hydrogens is 306 g/mol. The molecule has 0 saturated heterocycles. The van der Waals surface area contributed by atoms with Crippen LogP contribution in [0.15, 0.2) is 51.9 Å². The van der Waals surface area contributed by atoms with Crippen LogP contribution < -0.4 is 10.2 Å². The smallest absolute Gasteiger partial charge is 0.269 e. The Hall–Kier alpha value is -3.55. The number of nitro benzene ring substituents is 1. The number of phenols is 2. The lowest BCUT2D eigenvalue weighted by Crippen LogP contribution is -2.05.